The maximum Gasteiger partial charge on any atom is 0.345 e. The van der Waals surface area contributed by atoms with Crippen LogP contribution in [0.4, 0.5) is 8.78 Å². The molecule has 0 bridgehead atoms. The third-order valence-corrected chi connectivity index (χ3v) is 7.47. The summed E-state index contributed by atoms with van der Waals surface area (Å²) in [4.78, 5) is 15.8. The zero-order chi connectivity index (χ0) is 27.4. The van der Waals surface area contributed by atoms with E-state index in [1.165, 1.54) is 0 Å². The number of aryl methyl sites for hydroxylation is 1. The van der Waals surface area contributed by atoms with Crippen LogP contribution in [0.25, 0.3) is 16.9 Å². The minimum atomic E-state index is -2.77. The van der Waals surface area contributed by atoms with Crippen LogP contribution in [0.5, 0.6) is 0 Å². The molecule has 39 heavy (non-hydrogen) atoms. The van der Waals surface area contributed by atoms with Crippen molar-refractivity contribution in [1.82, 2.24) is 24.5 Å². The third kappa shape index (κ3) is 6.32. The highest BCUT2D eigenvalue weighted by Gasteiger charge is 2.35. The Kier molecular flexibility index (Phi) is 8.28. The van der Waals surface area contributed by atoms with Crippen LogP contribution in [-0.2, 0) is 23.0 Å². The van der Waals surface area contributed by atoms with Gasteiger partial charge in [0.25, 0.3) is 0 Å². The van der Waals surface area contributed by atoms with Gasteiger partial charge in [0.1, 0.15) is 5.78 Å². The summed E-state index contributed by atoms with van der Waals surface area (Å²) in [6.45, 7) is 0.976. The minimum absolute atomic E-state index is 0.0353. The standard InChI is InChI=1S/C30H33F2N5O2/c1-21-28(37(25-11-7-4-8-12-25)34-29(21)24-17-33-35(2)18-24)16-26(38)15-23-19-36(13-14-39-30(31)32)20-27(23)22-9-5-3-6-10-22/h3-12,17-18,23,27,30H,13-16,19-20H2,1-2H3/t23-,27+/m1/s1. The van der Waals surface area contributed by atoms with Gasteiger partial charge in [0.15, 0.2) is 0 Å². The van der Waals surface area contributed by atoms with Gasteiger partial charge >= 0.3 is 6.61 Å². The number of hydrogen-bond donors (Lipinski definition) is 0. The lowest BCUT2D eigenvalue weighted by Crippen LogP contribution is -2.26. The summed E-state index contributed by atoms with van der Waals surface area (Å²) in [5.41, 5.74) is 5.59. The van der Waals surface area contributed by atoms with Crippen LogP contribution in [0.15, 0.2) is 73.1 Å². The van der Waals surface area contributed by atoms with Gasteiger partial charge < -0.3 is 9.64 Å². The quantitative estimate of drug-likeness (QED) is 0.270. The van der Waals surface area contributed by atoms with E-state index in [1.807, 2.05) is 73.4 Å². The van der Waals surface area contributed by atoms with E-state index < -0.39 is 6.61 Å². The van der Waals surface area contributed by atoms with E-state index in [1.54, 1.807) is 10.9 Å². The summed E-state index contributed by atoms with van der Waals surface area (Å²) in [5, 5.41) is 9.19. The minimum Gasteiger partial charge on any atom is -0.322 e. The summed E-state index contributed by atoms with van der Waals surface area (Å²) in [6.07, 6.45) is 4.35. The smallest absolute Gasteiger partial charge is 0.322 e. The van der Waals surface area contributed by atoms with Gasteiger partial charge in [0.2, 0.25) is 0 Å². The van der Waals surface area contributed by atoms with E-state index in [4.69, 9.17) is 5.10 Å². The number of halogens is 2. The number of alkyl halides is 2. The molecule has 7 nitrogen and oxygen atoms in total. The lowest BCUT2D eigenvalue weighted by Gasteiger charge is -2.18. The zero-order valence-corrected chi connectivity index (χ0v) is 22.2. The Morgan fingerprint density at radius 2 is 1.79 bits per heavy atom. The molecule has 1 aliphatic rings. The molecule has 0 saturated carbocycles. The number of likely N-dealkylation sites (tertiary alicyclic amines) is 1. The molecule has 0 aliphatic carbocycles. The van der Waals surface area contributed by atoms with Crippen LogP contribution >= 0.6 is 0 Å². The van der Waals surface area contributed by atoms with Gasteiger partial charge in [-0.05, 0) is 36.1 Å². The van der Waals surface area contributed by atoms with Gasteiger partial charge in [-0.15, -0.1) is 0 Å². The van der Waals surface area contributed by atoms with Crippen molar-refractivity contribution in [3.05, 3.63) is 89.9 Å². The summed E-state index contributed by atoms with van der Waals surface area (Å²) in [7, 11) is 1.87. The lowest BCUT2D eigenvalue weighted by molar-refractivity contribution is -0.131. The molecule has 4 aromatic rings. The van der Waals surface area contributed by atoms with Crippen LogP contribution in [0, 0.1) is 12.8 Å². The van der Waals surface area contributed by atoms with E-state index in [0.717, 1.165) is 33.8 Å². The molecule has 0 N–H and O–H groups in total. The van der Waals surface area contributed by atoms with E-state index >= 15 is 0 Å². The van der Waals surface area contributed by atoms with E-state index in [9.17, 15) is 13.6 Å². The Bertz CT molecular complexity index is 1390. The van der Waals surface area contributed by atoms with Crippen molar-refractivity contribution in [1.29, 1.82) is 0 Å². The number of Topliss-reactive ketones (excluding diaryl/α,β-unsaturated/α-hetero) is 1. The molecule has 0 radical (unpaired) electrons. The Balaban J connectivity index is 1.38. The third-order valence-electron chi connectivity index (χ3n) is 7.47. The van der Waals surface area contributed by atoms with Crippen LogP contribution < -0.4 is 0 Å². The van der Waals surface area contributed by atoms with Crippen LogP contribution in [0.1, 0.15) is 29.2 Å². The van der Waals surface area contributed by atoms with Crippen molar-refractivity contribution in [2.24, 2.45) is 13.0 Å². The van der Waals surface area contributed by atoms with Crippen molar-refractivity contribution in [3.63, 3.8) is 0 Å². The average Bonchev–Trinajstić information content (AvgIpc) is 3.62. The molecular formula is C30H33F2N5O2. The average molecular weight is 534 g/mol. The second kappa shape index (κ2) is 12.0. The van der Waals surface area contributed by atoms with E-state index in [2.05, 4.69) is 26.9 Å². The van der Waals surface area contributed by atoms with Crippen LogP contribution in [0.3, 0.4) is 0 Å². The molecule has 0 spiro atoms. The number of ketones is 1. The number of benzene rings is 2. The van der Waals surface area contributed by atoms with Gasteiger partial charge in [-0.2, -0.15) is 19.0 Å². The lowest BCUT2D eigenvalue weighted by atomic mass is 9.85. The second-order valence-corrected chi connectivity index (χ2v) is 10.2. The van der Waals surface area contributed by atoms with E-state index in [0.29, 0.717) is 26.1 Å². The molecular weight excluding hydrogens is 500 g/mol. The first-order valence-corrected chi connectivity index (χ1v) is 13.2. The molecule has 9 heteroatoms. The number of nitrogens with zero attached hydrogens (tertiary/aromatic N) is 5. The molecule has 204 valence electrons. The summed E-state index contributed by atoms with van der Waals surface area (Å²) in [6, 6.07) is 20.0. The van der Waals surface area contributed by atoms with Gasteiger partial charge in [0, 0.05) is 57.2 Å². The number of rotatable bonds is 11. The molecule has 0 amide bonds. The molecule has 2 aromatic carbocycles. The zero-order valence-electron chi connectivity index (χ0n) is 22.2. The highest BCUT2D eigenvalue weighted by atomic mass is 19.3. The van der Waals surface area contributed by atoms with Crippen molar-refractivity contribution in [2.75, 3.05) is 26.2 Å². The number of carbonyl (C=O) groups is 1. The van der Waals surface area contributed by atoms with Gasteiger partial charge in [-0.3, -0.25) is 9.48 Å². The monoisotopic (exact) mass is 533 g/mol. The first-order chi connectivity index (χ1) is 18.9. The first kappa shape index (κ1) is 26.9. The van der Waals surface area contributed by atoms with Crippen molar-refractivity contribution in [3.8, 4) is 16.9 Å². The maximum absolute atomic E-state index is 13.6. The fourth-order valence-electron chi connectivity index (χ4n) is 5.59. The summed E-state index contributed by atoms with van der Waals surface area (Å²) >= 11 is 0. The highest BCUT2D eigenvalue weighted by Crippen LogP contribution is 2.35. The molecule has 1 saturated heterocycles. The highest BCUT2D eigenvalue weighted by molar-refractivity contribution is 5.82. The predicted molar refractivity (Wildman–Crippen MR) is 145 cm³/mol. The Morgan fingerprint density at radius 1 is 1.08 bits per heavy atom. The van der Waals surface area contributed by atoms with Crippen molar-refractivity contribution >= 4 is 5.78 Å². The predicted octanol–water partition coefficient (Wildman–Crippen LogP) is 5.04. The summed E-state index contributed by atoms with van der Waals surface area (Å²) < 4.78 is 33.1. The van der Waals surface area contributed by atoms with Crippen LogP contribution in [-0.4, -0.2) is 63.1 Å². The molecule has 2 atom stereocenters. The first-order valence-electron chi connectivity index (χ1n) is 13.2. The molecule has 1 fully saturated rings. The largest absolute Gasteiger partial charge is 0.345 e. The topological polar surface area (TPSA) is 65.2 Å². The Labute approximate surface area is 227 Å². The second-order valence-electron chi connectivity index (χ2n) is 10.2. The summed E-state index contributed by atoms with van der Waals surface area (Å²) in [5.74, 6) is 0.356. The number of aromatic nitrogens is 4. The van der Waals surface area contributed by atoms with Gasteiger partial charge in [0.05, 0.1) is 29.9 Å². The number of para-hydroxylation sites is 1. The Morgan fingerprint density at radius 3 is 2.46 bits per heavy atom. The van der Waals surface area contributed by atoms with E-state index in [-0.39, 0.29) is 30.6 Å². The number of ether oxygens (including phenoxy) is 1. The SMILES string of the molecule is Cc1c(-c2cnn(C)c2)nn(-c2ccccc2)c1CC(=O)C[C@@H]1CN(CCOC(F)F)C[C@H]1c1ccccc1. The molecule has 5 rings (SSSR count). The fraction of sp³-hybridized carbons (Fsp3) is 0.367. The molecule has 2 aromatic heterocycles. The maximum atomic E-state index is 13.6. The van der Waals surface area contributed by atoms with Gasteiger partial charge in [-0.25, -0.2) is 4.68 Å². The molecule has 0 unspecified atom stereocenters. The van der Waals surface area contributed by atoms with Crippen LogP contribution in [0.2, 0.25) is 0 Å². The van der Waals surface area contributed by atoms with Crippen molar-refractivity contribution < 1.29 is 18.3 Å². The molecule has 1 aliphatic heterocycles. The Hall–Kier alpha value is -3.69. The number of hydrogen-bond acceptors (Lipinski definition) is 5. The molecule has 3 heterocycles. The number of carbonyl (C=O) groups excluding carboxylic acids is 1. The van der Waals surface area contributed by atoms with Gasteiger partial charge in [-0.1, -0.05) is 48.5 Å². The fourth-order valence-corrected chi connectivity index (χ4v) is 5.59. The normalized spacial score (nSPS) is 17.8. The van der Waals surface area contributed by atoms with Crippen molar-refractivity contribution in [2.45, 2.75) is 32.3 Å².